The van der Waals surface area contributed by atoms with Gasteiger partial charge in [0.05, 0.1) is 11.6 Å². The Balaban J connectivity index is 2.96. The summed E-state index contributed by atoms with van der Waals surface area (Å²) < 4.78 is 0. The minimum absolute atomic E-state index is 0.0249. The van der Waals surface area contributed by atoms with Crippen LogP contribution >= 0.6 is 0 Å². The summed E-state index contributed by atoms with van der Waals surface area (Å²) in [6, 6.07) is 8.20. The molecule has 0 amide bonds. The summed E-state index contributed by atoms with van der Waals surface area (Å²) in [5, 5.41) is 13.1. The second-order valence-electron chi connectivity index (χ2n) is 4.29. The van der Waals surface area contributed by atoms with Gasteiger partial charge in [0.15, 0.2) is 0 Å². The topological polar surface area (TPSA) is 32.3 Å². The third-order valence-electron chi connectivity index (χ3n) is 2.41. The second-order valence-corrected chi connectivity index (χ2v) is 4.29. The summed E-state index contributed by atoms with van der Waals surface area (Å²) in [7, 11) is 1.86. The molecule has 2 N–H and O–H groups in total. The zero-order valence-electron chi connectivity index (χ0n) is 9.33. The van der Waals surface area contributed by atoms with Crippen molar-refractivity contribution in [3.05, 3.63) is 35.4 Å². The molecule has 78 valence electrons. The normalized spacial score (nSPS) is 14.1. The first-order chi connectivity index (χ1) is 6.45. The Hall–Kier alpha value is -0.860. The maximum absolute atomic E-state index is 9.94. The molecule has 1 rings (SSSR count). The lowest BCUT2D eigenvalue weighted by Gasteiger charge is -2.29. The largest absolute Gasteiger partial charge is 0.388 e. The molecule has 1 unspecified atom stereocenters. The van der Waals surface area contributed by atoms with Gasteiger partial charge in [-0.15, -0.1) is 0 Å². The molecule has 0 aliphatic rings. The molecule has 1 atom stereocenters. The number of aryl methyl sites for hydroxylation is 1. The number of hydrogen-bond acceptors (Lipinski definition) is 2. The molecule has 2 nitrogen and oxygen atoms in total. The number of rotatable bonds is 3. The average Bonchev–Trinajstić information content (AvgIpc) is 2.07. The molecule has 1 aromatic rings. The van der Waals surface area contributed by atoms with Gasteiger partial charge < -0.3 is 10.4 Å². The average molecular weight is 193 g/mol. The molecule has 0 aliphatic carbocycles. The summed E-state index contributed by atoms with van der Waals surface area (Å²) in [6.07, 6.45) is 0. The highest BCUT2D eigenvalue weighted by Crippen LogP contribution is 2.24. The molecule has 0 saturated carbocycles. The Morgan fingerprint density at radius 1 is 1.21 bits per heavy atom. The SMILES string of the molecule is CNC(c1ccc(C)cc1)C(C)(C)O. The molecule has 0 saturated heterocycles. The zero-order chi connectivity index (χ0) is 10.8. The Kier molecular flexibility index (Phi) is 3.29. The van der Waals surface area contributed by atoms with Crippen molar-refractivity contribution in [3.63, 3.8) is 0 Å². The summed E-state index contributed by atoms with van der Waals surface area (Å²) in [5.74, 6) is 0. The number of aliphatic hydroxyl groups is 1. The van der Waals surface area contributed by atoms with Crippen LogP contribution in [0.1, 0.15) is 31.0 Å². The van der Waals surface area contributed by atoms with E-state index in [1.165, 1.54) is 5.56 Å². The predicted octanol–water partition coefficient (Wildman–Crippen LogP) is 2.03. The molecule has 14 heavy (non-hydrogen) atoms. The number of nitrogens with one attached hydrogen (secondary N) is 1. The van der Waals surface area contributed by atoms with E-state index in [4.69, 9.17) is 0 Å². The maximum Gasteiger partial charge on any atom is 0.0785 e. The number of benzene rings is 1. The Morgan fingerprint density at radius 2 is 1.71 bits per heavy atom. The minimum atomic E-state index is -0.746. The Labute approximate surface area is 86.0 Å². The fourth-order valence-electron chi connectivity index (χ4n) is 1.69. The van der Waals surface area contributed by atoms with Gasteiger partial charge in [-0.05, 0) is 33.4 Å². The van der Waals surface area contributed by atoms with Crippen LogP contribution in [0.25, 0.3) is 0 Å². The van der Waals surface area contributed by atoms with Crippen LogP contribution in [0.15, 0.2) is 24.3 Å². The molecule has 0 aliphatic heterocycles. The van der Waals surface area contributed by atoms with Crippen LogP contribution in [-0.4, -0.2) is 17.8 Å². The van der Waals surface area contributed by atoms with Crippen molar-refractivity contribution in [3.8, 4) is 0 Å². The fourth-order valence-corrected chi connectivity index (χ4v) is 1.69. The Bertz CT molecular complexity index is 284. The van der Waals surface area contributed by atoms with Crippen LogP contribution in [0.3, 0.4) is 0 Å². The van der Waals surface area contributed by atoms with Gasteiger partial charge in [-0.1, -0.05) is 29.8 Å². The minimum Gasteiger partial charge on any atom is -0.388 e. The van der Waals surface area contributed by atoms with Crippen LogP contribution in [0.2, 0.25) is 0 Å². The van der Waals surface area contributed by atoms with Crippen LogP contribution in [0.4, 0.5) is 0 Å². The van der Waals surface area contributed by atoms with E-state index in [-0.39, 0.29) is 6.04 Å². The van der Waals surface area contributed by atoms with E-state index >= 15 is 0 Å². The maximum atomic E-state index is 9.94. The first kappa shape index (κ1) is 11.2. The summed E-state index contributed by atoms with van der Waals surface area (Å²) in [6.45, 7) is 5.68. The third-order valence-corrected chi connectivity index (χ3v) is 2.41. The van der Waals surface area contributed by atoms with E-state index in [0.29, 0.717) is 0 Å². The highest BCUT2D eigenvalue weighted by atomic mass is 16.3. The zero-order valence-corrected chi connectivity index (χ0v) is 9.33. The quantitative estimate of drug-likeness (QED) is 0.770. The standard InChI is InChI=1S/C12H19NO/c1-9-5-7-10(8-6-9)11(13-4)12(2,3)14/h5-8,11,13-14H,1-4H3. The second kappa shape index (κ2) is 4.11. The molecule has 0 aromatic heterocycles. The van der Waals surface area contributed by atoms with Crippen LogP contribution < -0.4 is 5.32 Å². The molecule has 0 bridgehead atoms. The third kappa shape index (κ3) is 2.56. The lowest BCUT2D eigenvalue weighted by atomic mass is 9.92. The van der Waals surface area contributed by atoms with E-state index in [1.54, 1.807) is 0 Å². The van der Waals surface area contributed by atoms with Crippen molar-refractivity contribution in [1.82, 2.24) is 5.32 Å². The van der Waals surface area contributed by atoms with Crippen molar-refractivity contribution >= 4 is 0 Å². The smallest absolute Gasteiger partial charge is 0.0785 e. The van der Waals surface area contributed by atoms with Gasteiger partial charge in [-0.2, -0.15) is 0 Å². The van der Waals surface area contributed by atoms with Crippen molar-refractivity contribution in [2.24, 2.45) is 0 Å². The van der Waals surface area contributed by atoms with E-state index in [9.17, 15) is 5.11 Å². The van der Waals surface area contributed by atoms with Gasteiger partial charge in [0, 0.05) is 0 Å². The van der Waals surface area contributed by atoms with E-state index in [1.807, 2.05) is 20.9 Å². The van der Waals surface area contributed by atoms with E-state index in [0.717, 1.165) is 5.56 Å². The molecule has 2 heteroatoms. The predicted molar refractivity (Wildman–Crippen MR) is 59.3 cm³/mol. The number of hydrogen-bond donors (Lipinski definition) is 2. The molecule has 0 heterocycles. The van der Waals surface area contributed by atoms with Crippen LogP contribution in [0.5, 0.6) is 0 Å². The van der Waals surface area contributed by atoms with Crippen molar-refractivity contribution in [1.29, 1.82) is 0 Å². The molecular formula is C12H19NO. The lowest BCUT2D eigenvalue weighted by molar-refractivity contribution is 0.0400. The van der Waals surface area contributed by atoms with Crippen LogP contribution in [-0.2, 0) is 0 Å². The molecule has 1 aromatic carbocycles. The van der Waals surface area contributed by atoms with Gasteiger partial charge in [0.25, 0.3) is 0 Å². The van der Waals surface area contributed by atoms with Gasteiger partial charge in [-0.3, -0.25) is 0 Å². The van der Waals surface area contributed by atoms with Crippen LogP contribution in [0, 0.1) is 6.92 Å². The van der Waals surface area contributed by atoms with Gasteiger partial charge in [0.1, 0.15) is 0 Å². The van der Waals surface area contributed by atoms with Gasteiger partial charge in [-0.25, -0.2) is 0 Å². The van der Waals surface area contributed by atoms with Crippen molar-refractivity contribution in [2.45, 2.75) is 32.4 Å². The summed E-state index contributed by atoms with van der Waals surface area (Å²) >= 11 is 0. The van der Waals surface area contributed by atoms with Crippen molar-refractivity contribution < 1.29 is 5.11 Å². The first-order valence-electron chi connectivity index (χ1n) is 4.91. The number of likely N-dealkylation sites (N-methyl/N-ethyl adjacent to an activating group) is 1. The van der Waals surface area contributed by atoms with Crippen molar-refractivity contribution in [2.75, 3.05) is 7.05 Å². The highest BCUT2D eigenvalue weighted by molar-refractivity contribution is 5.25. The van der Waals surface area contributed by atoms with E-state index < -0.39 is 5.60 Å². The summed E-state index contributed by atoms with van der Waals surface area (Å²) in [4.78, 5) is 0. The highest BCUT2D eigenvalue weighted by Gasteiger charge is 2.26. The molecule has 0 spiro atoms. The van der Waals surface area contributed by atoms with Gasteiger partial charge in [0.2, 0.25) is 0 Å². The fraction of sp³-hybridized carbons (Fsp3) is 0.500. The molecular weight excluding hydrogens is 174 g/mol. The Morgan fingerprint density at radius 3 is 2.07 bits per heavy atom. The molecule has 0 fully saturated rings. The summed E-state index contributed by atoms with van der Waals surface area (Å²) in [5.41, 5.74) is 1.61. The monoisotopic (exact) mass is 193 g/mol. The first-order valence-corrected chi connectivity index (χ1v) is 4.91. The van der Waals surface area contributed by atoms with Gasteiger partial charge >= 0.3 is 0 Å². The van der Waals surface area contributed by atoms with E-state index in [2.05, 4.69) is 36.5 Å². The molecule has 0 radical (unpaired) electrons. The lowest BCUT2D eigenvalue weighted by Crippen LogP contribution is -2.37.